The molecule has 0 amide bonds. The van der Waals surface area contributed by atoms with Crippen molar-refractivity contribution < 1.29 is 32.5 Å². The Kier molecular flexibility index (Phi) is 6.21. The maximum absolute atomic E-state index is 13.1. The average molecular weight is 395 g/mol. The highest BCUT2D eigenvalue weighted by atomic mass is 19.4. The fraction of sp³-hybridized carbons (Fsp3) is 0.350. The van der Waals surface area contributed by atoms with Gasteiger partial charge in [0.1, 0.15) is 11.5 Å². The summed E-state index contributed by atoms with van der Waals surface area (Å²) in [7, 11) is 0. The third-order valence-electron chi connectivity index (χ3n) is 4.46. The molecule has 8 heteroatoms. The summed E-state index contributed by atoms with van der Waals surface area (Å²) in [6, 6.07) is 11.8. The van der Waals surface area contributed by atoms with E-state index in [0.29, 0.717) is 32.0 Å². The van der Waals surface area contributed by atoms with E-state index < -0.39 is 17.7 Å². The van der Waals surface area contributed by atoms with Crippen LogP contribution in [0.4, 0.5) is 13.2 Å². The molecule has 0 aromatic heterocycles. The molecule has 0 bridgehead atoms. The Labute approximate surface area is 160 Å². The lowest BCUT2D eigenvalue weighted by Gasteiger charge is -2.32. The van der Waals surface area contributed by atoms with Crippen LogP contribution in [0.3, 0.4) is 0 Å². The summed E-state index contributed by atoms with van der Waals surface area (Å²) >= 11 is 0. The first kappa shape index (κ1) is 20.2. The second kappa shape index (κ2) is 8.62. The van der Waals surface area contributed by atoms with Gasteiger partial charge in [0.15, 0.2) is 0 Å². The van der Waals surface area contributed by atoms with Crippen molar-refractivity contribution in [2.75, 3.05) is 26.2 Å². The number of carboxylic acid groups (broad SMARTS) is 1. The number of hydrogen-bond donors (Lipinski definition) is 1. The summed E-state index contributed by atoms with van der Waals surface area (Å²) in [6.45, 7) is 2.16. The first-order valence-corrected chi connectivity index (χ1v) is 8.83. The van der Waals surface area contributed by atoms with Crippen LogP contribution in [0.15, 0.2) is 48.5 Å². The largest absolute Gasteiger partial charge is 0.481 e. The number of carbonyl (C=O) groups is 1. The predicted octanol–water partition coefficient (Wildman–Crippen LogP) is 4.35. The number of aliphatic carboxylic acids is 1. The van der Waals surface area contributed by atoms with Crippen molar-refractivity contribution in [2.24, 2.45) is 0 Å². The number of nitrogens with zero attached hydrogens (tertiary/aromatic N) is 1. The van der Waals surface area contributed by atoms with Gasteiger partial charge in [0, 0.05) is 19.6 Å². The van der Waals surface area contributed by atoms with E-state index in [2.05, 4.69) is 0 Å². The Hall–Kier alpha value is -2.58. The van der Waals surface area contributed by atoms with Crippen LogP contribution in [0.5, 0.6) is 11.5 Å². The lowest BCUT2D eigenvalue weighted by molar-refractivity contribution is -0.139. The quantitative estimate of drug-likeness (QED) is 0.788. The highest BCUT2D eigenvalue weighted by Crippen LogP contribution is 2.38. The number of halogens is 3. The van der Waals surface area contributed by atoms with E-state index in [9.17, 15) is 18.0 Å². The molecule has 28 heavy (non-hydrogen) atoms. The van der Waals surface area contributed by atoms with Crippen LogP contribution in [0, 0.1) is 0 Å². The zero-order chi connectivity index (χ0) is 20.1. The zero-order valence-electron chi connectivity index (χ0n) is 15.0. The fourth-order valence-electron chi connectivity index (χ4n) is 3.03. The van der Waals surface area contributed by atoms with Crippen LogP contribution in [-0.2, 0) is 15.7 Å². The first-order chi connectivity index (χ1) is 13.3. The lowest BCUT2D eigenvalue weighted by atomic mass is 10.1. The van der Waals surface area contributed by atoms with E-state index in [1.165, 1.54) is 18.2 Å². The van der Waals surface area contributed by atoms with Gasteiger partial charge in [-0.1, -0.05) is 24.3 Å². The number of morpholine rings is 1. The molecule has 1 aliphatic heterocycles. The van der Waals surface area contributed by atoms with Crippen molar-refractivity contribution in [3.8, 4) is 11.5 Å². The molecule has 1 N–H and O–H groups in total. The number of benzene rings is 2. The van der Waals surface area contributed by atoms with Crippen molar-refractivity contribution in [3.63, 3.8) is 0 Å². The molecule has 3 rings (SSSR count). The third-order valence-corrected chi connectivity index (χ3v) is 4.46. The van der Waals surface area contributed by atoms with E-state index in [1.807, 2.05) is 4.90 Å². The Morgan fingerprint density at radius 2 is 1.89 bits per heavy atom. The lowest BCUT2D eigenvalue weighted by Crippen LogP contribution is -2.39. The van der Waals surface area contributed by atoms with Gasteiger partial charge in [-0.05, 0) is 29.8 Å². The van der Waals surface area contributed by atoms with E-state index in [0.717, 1.165) is 11.6 Å². The van der Waals surface area contributed by atoms with Crippen LogP contribution in [-0.4, -0.2) is 42.2 Å². The normalized spacial score (nSPS) is 18.0. The summed E-state index contributed by atoms with van der Waals surface area (Å²) in [5, 5.41) is 8.81. The summed E-state index contributed by atoms with van der Waals surface area (Å²) < 4.78 is 50.4. The summed E-state index contributed by atoms with van der Waals surface area (Å²) in [5.41, 5.74) is 0.0280. The smallest absolute Gasteiger partial charge is 0.419 e. The Morgan fingerprint density at radius 3 is 2.57 bits per heavy atom. The highest BCUT2D eigenvalue weighted by Gasteiger charge is 2.34. The molecule has 1 aliphatic rings. The molecule has 0 spiro atoms. The Balaban J connectivity index is 1.67. The van der Waals surface area contributed by atoms with Gasteiger partial charge < -0.3 is 14.6 Å². The van der Waals surface area contributed by atoms with Crippen LogP contribution >= 0.6 is 0 Å². The number of alkyl halides is 3. The molecule has 2 aromatic rings. The molecule has 1 atom stereocenters. The molecule has 150 valence electrons. The van der Waals surface area contributed by atoms with E-state index >= 15 is 0 Å². The van der Waals surface area contributed by atoms with Crippen LogP contribution in [0.2, 0.25) is 0 Å². The summed E-state index contributed by atoms with van der Waals surface area (Å²) in [6.07, 6.45) is -4.65. The van der Waals surface area contributed by atoms with Crippen molar-refractivity contribution >= 4 is 5.97 Å². The molecule has 1 heterocycles. The third kappa shape index (κ3) is 5.24. The molecule has 1 unspecified atom stereocenters. The number of para-hydroxylation sites is 1. The van der Waals surface area contributed by atoms with Crippen molar-refractivity contribution in [1.82, 2.24) is 4.90 Å². The molecule has 2 aromatic carbocycles. The minimum Gasteiger partial charge on any atom is -0.481 e. The summed E-state index contributed by atoms with van der Waals surface area (Å²) in [5.74, 6) is -0.806. The van der Waals surface area contributed by atoms with Crippen molar-refractivity contribution in [3.05, 3.63) is 59.7 Å². The Bertz CT molecular complexity index is 808. The average Bonchev–Trinajstić information content (AvgIpc) is 2.67. The number of ether oxygens (including phenoxy) is 2. The first-order valence-electron chi connectivity index (χ1n) is 8.83. The second-order valence-corrected chi connectivity index (χ2v) is 6.47. The van der Waals surface area contributed by atoms with Gasteiger partial charge >= 0.3 is 12.1 Å². The van der Waals surface area contributed by atoms with Crippen LogP contribution in [0.25, 0.3) is 0 Å². The van der Waals surface area contributed by atoms with Gasteiger partial charge in [0.25, 0.3) is 0 Å². The van der Waals surface area contributed by atoms with Gasteiger partial charge in [0.05, 0.1) is 24.7 Å². The monoisotopic (exact) mass is 395 g/mol. The zero-order valence-corrected chi connectivity index (χ0v) is 15.0. The molecule has 0 saturated carbocycles. The van der Waals surface area contributed by atoms with E-state index in [4.69, 9.17) is 14.6 Å². The number of hydrogen-bond acceptors (Lipinski definition) is 4. The van der Waals surface area contributed by atoms with Crippen molar-refractivity contribution in [1.29, 1.82) is 0 Å². The molecule has 1 saturated heterocycles. The predicted molar refractivity (Wildman–Crippen MR) is 95.3 cm³/mol. The van der Waals surface area contributed by atoms with Crippen LogP contribution in [0.1, 0.15) is 23.7 Å². The molecule has 0 radical (unpaired) electrons. The number of carboxylic acids is 1. The van der Waals surface area contributed by atoms with Gasteiger partial charge in [-0.2, -0.15) is 13.2 Å². The van der Waals surface area contributed by atoms with Gasteiger partial charge in [-0.15, -0.1) is 0 Å². The number of rotatable bonds is 6. The van der Waals surface area contributed by atoms with Gasteiger partial charge in [0.2, 0.25) is 0 Å². The maximum Gasteiger partial charge on any atom is 0.419 e. The minimum atomic E-state index is -4.49. The Morgan fingerprint density at radius 1 is 1.18 bits per heavy atom. The fourth-order valence-corrected chi connectivity index (χ4v) is 3.03. The van der Waals surface area contributed by atoms with Crippen LogP contribution < -0.4 is 4.74 Å². The molecule has 5 nitrogen and oxygen atoms in total. The maximum atomic E-state index is 13.1. The standard InChI is InChI=1S/C20H20F3NO4/c21-20(22,23)16-3-1-2-4-17(16)28-15-7-5-14(6-8-15)18-13-24(11-12-27-18)10-9-19(25)26/h1-8,18H,9-13H2,(H,25,26). The van der Waals surface area contributed by atoms with Gasteiger partial charge in [-0.3, -0.25) is 9.69 Å². The molecule has 0 aliphatic carbocycles. The van der Waals surface area contributed by atoms with Gasteiger partial charge in [-0.25, -0.2) is 0 Å². The topological polar surface area (TPSA) is 59.0 Å². The summed E-state index contributed by atoms with van der Waals surface area (Å²) in [4.78, 5) is 12.7. The minimum absolute atomic E-state index is 0.0676. The second-order valence-electron chi connectivity index (χ2n) is 6.47. The molecule has 1 fully saturated rings. The van der Waals surface area contributed by atoms with Crippen molar-refractivity contribution in [2.45, 2.75) is 18.7 Å². The SMILES string of the molecule is O=C(O)CCN1CCOC(c2ccc(Oc3ccccc3C(F)(F)F)cc2)C1. The molecular formula is C20H20F3NO4. The molecular weight excluding hydrogens is 375 g/mol. The highest BCUT2D eigenvalue weighted by molar-refractivity contribution is 5.66. The van der Waals surface area contributed by atoms with E-state index in [1.54, 1.807) is 24.3 Å². The van der Waals surface area contributed by atoms with E-state index in [-0.39, 0.29) is 18.3 Å².